The van der Waals surface area contributed by atoms with E-state index in [1.807, 2.05) is 11.9 Å². The van der Waals surface area contributed by atoms with E-state index in [-0.39, 0.29) is 12.5 Å². The zero-order chi connectivity index (χ0) is 9.40. The number of carbonyl (C=O) groups excluding carboxylic acids is 1. The average Bonchev–Trinajstić information content (AvgIpc) is 2.01. The van der Waals surface area contributed by atoms with Gasteiger partial charge in [-0.25, -0.2) is 0 Å². The van der Waals surface area contributed by atoms with Crippen LogP contribution in [0.25, 0.3) is 0 Å². The van der Waals surface area contributed by atoms with Gasteiger partial charge in [0, 0.05) is 6.54 Å². The first-order chi connectivity index (χ1) is 5.70. The Morgan fingerprint density at radius 3 is 2.75 bits per heavy atom. The Morgan fingerprint density at radius 2 is 2.25 bits per heavy atom. The van der Waals surface area contributed by atoms with Gasteiger partial charge in [0.25, 0.3) is 0 Å². The van der Waals surface area contributed by atoms with Gasteiger partial charge in [-0.3, -0.25) is 9.69 Å². The minimum atomic E-state index is -0.0278. The molecule has 0 bridgehead atoms. The van der Waals surface area contributed by atoms with Gasteiger partial charge in [0.05, 0.1) is 13.2 Å². The summed E-state index contributed by atoms with van der Waals surface area (Å²) in [6.07, 6.45) is 1.05. The van der Waals surface area contributed by atoms with Crippen LogP contribution in [0.3, 0.4) is 0 Å². The minimum absolute atomic E-state index is 0.00321. The van der Waals surface area contributed by atoms with Gasteiger partial charge in [-0.2, -0.15) is 0 Å². The highest BCUT2D eigenvalue weighted by Gasteiger charge is 2.03. The van der Waals surface area contributed by atoms with Crippen molar-refractivity contribution >= 4 is 5.91 Å². The van der Waals surface area contributed by atoms with E-state index in [2.05, 4.69) is 12.2 Å². The van der Waals surface area contributed by atoms with E-state index >= 15 is 0 Å². The summed E-state index contributed by atoms with van der Waals surface area (Å²) < 4.78 is 0. The van der Waals surface area contributed by atoms with Crippen molar-refractivity contribution in [1.82, 2.24) is 10.2 Å². The smallest absolute Gasteiger partial charge is 0.234 e. The molecule has 4 heteroatoms. The lowest BCUT2D eigenvalue weighted by atomic mass is 10.4. The summed E-state index contributed by atoms with van der Waals surface area (Å²) in [4.78, 5) is 13.0. The molecule has 0 heterocycles. The van der Waals surface area contributed by atoms with Gasteiger partial charge in [-0.05, 0) is 20.0 Å². The number of hydrogen-bond acceptors (Lipinski definition) is 3. The third kappa shape index (κ3) is 6.12. The van der Waals surface area contributed by atoms with Crippen LogP contribution in [0.4, 0.5) is 0 Å². The first kappa shape index (κ1) is 11.4. The molecule has 0 saturated heterocycles. The van der Waals surface area contributed by atoms with Gasteiger partial charge in [-0.15, -0.1) is 0 Å². The average molecular weight is 174 g/mol. The van der Waals surface area contributed by atoms with Crippen LogP contribution in [-0.2, 0) is 4.79 Å². The summed E-state index contributed by atoms with van der Waals surface area (Å²) >= 11 is 0. The SMILES string of the molecule is CCCN(C)CC(=O)NCCO. The molecule has 12 heavy (non-hydrogen) atoms. The normalized spacial score (nSPS) is 10.3. The molecule has 4 nitrogen and oxygen atoms in total. The maximum atomic E-state index is 11.0. The van der Waals surface area contributed by atoms with Crippen LogP contribution in [0, 0.1) is 0 Å². The van der Waals surface area contributed by atoms with Gasteiger partial charge >= 0.3 is 0 Å². The van der Waals surface area contributed by atoms with Gasteiger partial charge in [0.1, 0.15) is 0 Å². The van der Waals surface area contributed by atoms with Crippen molar-refractivity contribution in [2.24, 2.45) is 0 Å². The summed E-state index contributed by atoms with van der Waals surface area (Å²) in [5.41, 5.74) is 0. The van der Waals surface area contributed by atoms with Gasteiger partial charge in [0.2, 0.25) is 5.91 Å². The van der Waals surface area contributed by atoms with Crippen molar-refractivity contribution in [3.05, 3.63) is 0 Å². The van der Waals surface area contributed by atoms with E-state index in [0.717, 1.165) is 13.0 Å². The highest BCUT2D eigenvalue weighted by Crippen LogP contribution is 1.84. The summed E-state index contributed by atoms with van der Waals surface area (Å²) in [5.74, 6) is -0.0278. The topological polar surface area (TPSA) is 52.6 Å². The Balaban J connectivity index is 3.40. The summed E-state index contributed by atoms with van der Waals surface area (Å²) in [6.45, 7) is 3.75. The van der Waals surface area contributed by atoms with Gasteiger partial charge < -0.3 is 10.4 Å². The molecule has 0 aromatic heterocycles. The number of nitrogens with one attached hydrogen (secondary N) is 1. The standard InChI is InChI=1S/C8H18N2O2/c1-3-5-10(2)7-8(12)9-4-6-11/h11H,3-7H2,1-2H3,(H,9,12). The van der Waals surface area contributed by atoms with Crippen LogP contribution < -0.4 is 5.32 Å². The number of nitrogens with zero attached hydrogens (tertiary/aromatic N) is 1. The molecule has 0 aliphatic heterocycles. The molecule has 0 aliphatic rings. The van der Waals surface area contributed by atoms with Crippen LogP contribution in [-0.4, -0.2) is 49.2 Å². The van der Waals surface area contributed by atoms with E-state index < -0.39 is 0 Å². The number of aliphatic hydroxyl groups is 1. The fraction of sp³-hybridized carbons (Fsp3) is 0.875. The van der Waals surface area contributed by atoms with Crippen LogP contribution in [0.15, 0.2) is 0 Å². The Labute approximate surface area is 73.6 Å². The fourth-order valence-corrected chi connectivity index (χ4v) is 0.957. The maximum absolute atomic E-state index is 11.0. The van der Waals surface area contributed by atoms with Crippen LogP contribution in [0.1, 0.15) is 13.3 Å². The molecule has 0 aromatic rings. The maximum Gasteiger partial charge on any atom is 0.234 e. The molecule has 0 unspecified atom stereocenters. The van der Waals surface area contributed by atoms with Crippen molar-refractivity contribution in [1.29, 1.82) is 0 Å². The predicted molar refractivity (Wildman–Crippen MR) is 47.9 cm³/mol. The molecule has 0 aliphatic carbocycles. The molecule has 0 rings (SSSR count). The van der Waals surface area contributed by atoms with Gasteiger partial charge in [0.15, 0.2) is 0 Å². The molecule has 0 spiro atoms. The van der Waals surface area contributed by atoms with Crippen LogP contribution in [0.2, 0.25) is 0 Å². The fourth-order valence-electron chi connectivity index (χ4n) is 0.957. The lowest BCUT2D eigenvalue weighted by molar-refractivity contribution is -0.122. The molecule has 0 fully saturated rings. The van der Waals surface area contributed by atoms with Crippen LogP contribution >= 0.6 is 0 Å². The number of aliphatic hydroxyl groups excluding tert-OH is 1. The highest BCUT2D eigenvalue weighted by molar-refractivity contribution is 5.77. The van der Waals surface area contributed by atoms with Gasteiger partial charge in [-0.1, -0.05) is 6.92 Å². The summed E-state index contributed by atoms with van der Waals surface area (Å²) in [5, 5.41) is 11.0. The largest absolute Gasteiger partial charge is 0.395 e. The predicted octanol–water partition coefficient (Wildman–Crippen LogP) is -0.563. The van der Waals surface area contributed by atoms with Crippen LogP contribution in [0.5, 0.6) is 0 Å². The highest BCUT2D eigenvalue weighted by atomic mass is 16.3. The zero-order valence-corrected chi connectivity index (χ0v) is 7.84. The molecular weight excluding hydrogens is 156 g/mol. The first-order valence-electron chi connectivity index (χ1n) is 4.26. The zero-order valence-electron chi connectivity index (χ0n) is 7.84. The Kier molecular flexibility index (Phi) is 6.70. The first-order valence-corrected chi connectivity index (χ1v) is 4.26. The molecule has 0 atom stereocenters. The van der Waals surface area contributed by atoms with E-state index in [0.29, 0.717) is 13.1 Å². The Bertz CT molecular complexity index is 128. The number of rotatable bonds is 6. The Hall–Kier alpha value is -0.610. The minimum Gasteiger partial charge on any atom is -0.395 e. The second kappa shape index (κ2) is 7.06. The second-order valence-electron chi connectivity index (χ2n) is 2.81. The van der Waals surface area contributed by atoms with Crippen molar-refractivity contribution < 1.29 is 9.90 Å². The van der Waals surface area contributed by atoms with E-state index in [1.54, 1.807) is 0 Å². The number of carbonyl (C=O) groups is 1. The number of hydrogen-bond donors (Lipinski definition) is 2. The Morgan fingerprint density at radius 1 is 1.58 bits per heavy atom. The summed E-state index contributed by atoms with van der Waals surface area (Å²) in [6, 6.07) is 0. The number of amides is 1. The van der Waals surface area contributed by atoms with Crippen molar-refractivity contribution in [2.45, 2.75) is 13.3 Å². The molecular formula is C8H18N2O2. The third-order valence-electron chi connectivity index (χ3n) is 1.45. The van der Waals surface area contributed by atoms with E-state index in [1.165, 1.54) is 0 Å². The van der Waals surface area contributed by atoms with Crippen molar-refractivity contribution in [3.8, 4) is 0 Å². The molecule has 1 amide bonds. The molecule has 0 aromatic carbocycles. The van der Waals surface area contributed by atoms with Crippen molar-refractivity contribution in [2.75, 3.05) is 33.3 Å². The molecule has 0 radical (unpaired) electrons. The monoisotopic (exact) mass is 174 g/mol. The van der Waals surface area contributed by atoms with Crippen molar-refractivity contribution in [3.63, 3.8) is 0 Å². The lowest BCUT2D eigenvalue weighted by Crippen LogP contribution is -2.36. The molecule has 2 N–H and O–H groups in total. The quantitative estimate of drug-likeness (QED) is 0.567. The number of likely N-dealkylation sites (N-methyl/N-ethyl adjacent to an activating group) is 1. The lowest BCUT2D eigenvalue weighted by Gasteiger charge is -2.14. The molecule has 72 valence electrons. The summed E-state index contributed by atoms with van der Waals surface area (Å²) in [7, 11) is 1.90. The van der Waals surface area contributed by atoms with E-state index in [9.17, 15) is 4.79 Å². The van der Waals surface area contributed by atoms with E-state index in [4.69, 9.17) is 5.11 Å². The molecule has 0 saturated carbocycles. The third-order valence-corrected chi connectivity index (χ3v) is 1.45. The second-order valence-corrected chi connectivity index (χ2v) is 2.81.